The van der Waals surface area contributed by atoms with E-state index in [2.05, 4.69) is 12.2 Å². The number of hydrogen-bond acceptors (Lipinski definition) is 3. The highest BCUT2D eigenvalue weighted by molar-refractivity contribution is 8.00. The van der Waals surface area contributed by atoms with Gasteiger partial charge < -0.3 is 10.4 Å². The van der Waals surface area contributed by atoms with Gasteiger partial charge >= 0.3 is 0 Å². The van der Waals surface area contributed by atoms with Gasteiger partial charge in [-0.05, 0) is 32.0 Å². The van der Waals surface area contributed by atoms with Crippen molar-refractivity contribution in [2.75, 3.05) is 6.54 Å². The molecular weight excluding hydrogens is 249 g/mol. The van der Waals surface area contributed by atoms with Crippen LogP contribution in [0.2, 0.25) is 0 Å². The molecule has 2 nitrogen and oxygen atoms in total. The van der Waals surface area contributed by atoms with Crippen LogP contribution in [0.25, 0.3) is 0 Å². The van der Waals surface area contributed by atoms with E-state index in [0.29, 0.717) is 12.1 Å². The Labute approximate surface area is 113 Å². The number of hydrogen-bond donors (Lipinski definition) is 2. The lowest BCUT2D eigenvalue weighted by Crippen LogP contribution is -2.18. The van der Waals surface area contributed by atoms with Crippen molar-refractivity contribution in [2.24, 2.45) is 0 Å². The molecule has 0 aromatic heterocycles. The summed E-state index contributed by atoms with van der Waals surface area (Å²) in [6.07, 6.45) is 0.621. The molecular formula is C14H22FNOS. The van der Waals surface area contributed by atoms with E-state index < -0.39 is 6.10 Å². The fourth-order valence-corrected chi connectivity index (χ4v) is 2.58. The summed E-state index contributed by atoms with van der Waals surface area (Å²) in [6, 6.07) is 5.12. The fraction of sp³-hybridized carbons (Fsp3) is 0.571. The Kier molecular flexibility index (Phi) is 6.68. The van der Waals surface area contributed by atoms with E-state index in [0.717, 1.165) is 17.9 Å². The number of nitrogens with one attached hydrogen (secondary N) is 1. The van der Waals surface area contributed by atoms with Gasteiger partial charge in [-0.25, -0.2) is 4.39 Å². The summed E-state index contributed by atoms with van der Waals surface area (Å²) in [7, 11) is 0. The lowest BCUT2D eigenvalue weighted by Gasteiger charge is -2.17. The number of thioether (sulfide) groups is 1. The van der Waals surface area contributed by atoms with Crippen LogP contribution in [0.5, 0.6) is 0 Å². The third-order valence-electron chi connectivity index (χ3n) is 2.80. The molecule has 2 unspecified atom stereocenters. The first kappa shape index (κ1) is 15.5. The van der Waals surface area contributed by atoms with Gasteiger partial charge in [0.1, 0.15) is 5.82 Å². The Bertz CT molecular complexity index is 371. The standard InChI is InChI=1S/C14H22FNOS/c1-4-8-16-9-12-13(15)6-5-7-14(12)18-11(3)10(2)17/h5-7,10-11,16-17H,4,8-9H2,1-3H3. The number of aliphatic hydroxyl groups is 1. The van der Waals surface area contributed by atoms with Crippen LogP contribution in [0.15, 0.2) is 23.1 Å². The van der Waals surface area contributed by atoms with Gasteiger partial charge in [-0.2, -0.15) is 0 Å². The molecule has 0 fully saturated rings. The van der Waals surface area contributed by atoms with Crippen LogP contribution in [-0.2, 0) is 6.54 Å². The molecule has 18 heavy (non-hydrogen) atoms. The first-order chi connectivity index (χ1) is 8.56. The Morgan fingerprint density at radius 2 is 2.11 bits per heavy atom. The van der Waals surface area contributed by atoms with Gasteiger partial charge in [-0.15, -0.1) is 11.8 Å². The summed E-state index contributed by atoms with van der Waals surface area (Å²) in [5, 5.41) is 12.8. The van der Waals surface area contributed by atoms with E-state index in [-0.39, 0.29) is 11.1 Å². The summed E-state index contributed by atoms with van der Waals surface area (Å²) in [5.41, 5.74) is 0.698. The van der Waals surface area contributed by atoms with Crippen LogP contribution < -0.4 is 5.32 Å². The van der Waals surface area contributed by atoms with Crippen molar-refractivity contribution in [2.45, 2.75) is 50.0 Å². The zero-order chi connectivity index (χ0) is 13.5. The predicted molar refractivity (Wildman–Crippen MR) is 75.4 cm³/mol. The van der Waals surface area contributed by atoms with Crippen molar-refractivity contribution in [1.29, 1.82) is 0 Å². The molecule has 1 aromatic carbocycles. The van der Waals surface area contributed by atoms with Gasteiger partial charge in [-0.1, -0.05) is 19.9 Å². The van der Waals surface area contributed by atoms with Gasteiger partial charge in [0.15, 0.2) is 0 Å². The van der Waals surface area contributed by atoms with Gasteiger partial charge in [0.2, 0.25) is 0 Å². The molecule has 0 saturated heterocycles. The lowest BCUT2D eigenvalue weighted by molar-refractivity contribution is 0.196. The monoisotopic (exact) mass is 271 g/mol. The molecule has 0 heterocycles. The number of rotatable bonds is 7. The minimum absolute atomic E-state index is 0.0525. The molecule has 0 spiro atoms. The summed E-state index contributed by atoms with van der Waals surface area (Å²) >= 11 is 1.52. The molecule has 102 valence electrons. The van der Waals surface area contributed by atoms with Crippen molar-refractivity contribution < 1.29 is 9.50 Å². The summed E-state index contributed by atoms with van der Waals surface area (Å²) in [5.74, 6) is -0.179. The largest absolute Gasteiger partial charge is 0.392 e. The molecule has 1 aromatic rings. The van der Waals surface area contributed by atoms with Crippen molar-refractivity contribution in [1.82, 2.24) is 5.32 Å². The van der Waals surface area contributed by atoms with Crippen LogP contribution >= 0.6 is 11.8 Å². The molecule has 0 aliphatic rings. The Hall–Kier alpha value is -0.580. The van der Waals surface area contributed by atoms with Crippen molar-refractivity contribution in [3.05, 3.63) is 29.6 Å². The molecule has 0 aliphatic heterocycles. The number of benzene rings is 1. The van der Waals surface area contributed by atoms with E-state index in [9.17, 15) is 9.50 Å². The Morgan fingerprint density at radius 1 is 1.39 bits per heavy atom. The third kappa shape index (κ3) is 4.59. The smallest absolute Gasteiger partial charge is 0.128 e. The predicted octanol–water partition coefficient (Wildman–Crippen LogP) is 3.19. The minimum Gasteiger partial charge on any atom is -0.392 e. The molecule has 0 radical (unpaired) electrons. The van der Waals surface area contributed by atoms with E-state index in [1.54, 1.807) is 13.0 Å². The zero-order valence-corrected chi connectivity index (χ0v) is 12.1. The first-order valence-corrected chi connectivity index (χ1v) is 7.27. The average Bonchev–Trinajstić information content (AvgIpc) is 2.32. The quantitative estimate of drug-likeness (QED) is 0.590. The van der Waals surface area contributed by atoms with E-state index in [1.165, 1.54) is 17.8 Å². The van der Waals surface area contributed by atoms with Gasteiger partial charge in [0, 0.05) is 22.3 Å². The van der Waals surface area contributed by atoms with Crippen LogP contribution in [-0.4, -0.2) is 23.0 Å². The third-order valence-corrected chi connectivity index (χ3v) is 4.20. The molecule has 0 aliphatic carbocycles. The molecule has 1 rings (SSSR count). The van der Waals surface area contributed by atoms with Crippen LogP contribution in [0, 0.1) is 5.82 Å². The highest BCUT2D eigenvalue weighted by atomic mass is 32.2. The zero-order valence-electron chi connectivity index (χ0n) is 11.2. The van der Waals surface area contributed by atoms with E-state index in [1.807, 2.05) is 13.0 Å². The average molecular weight is 271 g/mol. The first-order valence-electron chi connectivity index (χ1n) is 6.39. The van der Waals surface area contributed by atoms with Crippen LogP contribution in [0.3, 0.4) is 0 Å². The highest BCUT2D eigenvalue weighted by Gasteiger charge is 2.15. The maximum atomic E-state index is 13.8. The van der Waals surface area contributed by atoms with Gasteiger partial charge in [0.25, 0.3) is 0 Å². The van der Waals surface area contributed by atoms with Crippen LogP contribution in [0.1, 0.15) is 32.8 Å². The lowest BCUT2D eigenvalue weighted by atomic mass is 10.2. The van der Waals surface area contributed by atoms with Gasteiger partial charge in [-0.3, -0.25) is 0 Å². The second-order valence-corrected chi connectivity index (χ2v) is 5.88. The fourth-order valence-electron chi connectivity index (χ4n) is 1.51. The molecule has 0 saturated carbocycles. The second-order valence-electron chi connectivity index (χ2n) is 4.46. The maximum absolute atomic E-state index is 13.8. The summed E-state index contributed by atoms with van der Waals surface area (Å²) in [4.78, 5) is 0.909. The summed E-state index contributed by atoms with van der Waals surface area (Å²) in [6.45, 7) is 7.20. The van der Waals surface area contributed by atoms with Crippen molar-refractivity contribution >= 4 is 11.8 Å². The molecule has 0 bridgehead atoms. The number of aliphatic hydroxyl groups excluding tert-OH is 1. The normalized spacial score (nSPS) is 14.5. The number of halogens is 1. The van der Waals surface area contributed by atoms with E-state index in [4.69, 9.17) is 0 Å². The second kappa shape index (κ2) is 7.77. The molecule has 2 atom stereocenters. The molecule has 0 amide bonds. The Balaban J connectivity index is 2.79. The maximum Gasteiger partial charge on any atom is 0.128 e. The van der Waals surface area contributed by atoms with Crippen LogP contribution in [0.4, 0.5) is 4.39 Å². The minimum atomic E-state index is -0.408. The topological polar surface area (TPSA) is 32.3 Å². The van der Waals surface area contributed by atoms with E-state index >= 15 is 0 Å². The molecule has 4 heteroatoms. The molecule has 2 N–H and O–H groups in total. The Morgan fingerprint density at radius 3 is 2.72 bits per heavy atom. The SMILES string of the molecule is CCCNCc1c(F)cccc1SC(C)C(C)O. The highest BCUT2D eigenvalue weighted by Crippen LogP contribution is 2.29. The van der Waals surface area contributed by atoms with Gasteiger partial charge in [0.05, 0.1) is 6.10 Å². The van der Waals surface area contributed by atoms with Crippen molar-refractivity contribution in [3.8, 4) is 0 Å². The van der Waals surface area contributed by atoms with Crippen molar-refractivity contribution in [3.63, 3.8) is 0 Å². The summed E-state index contributed by atoms with van der Waals surface area (Å²) < 4.78 is 13.8.